The second kappa shape index (κ2) is 8.29. The van der Waals surface area contributed by atoms with Gasteiger partial charge >= 0.3 is 0 Å². The summed E-state index contributed by atoms with van der Waals surface area (Å²) in [5, 5.41) is 3.34. The number of halogens is 2. The second-order valence-corrected chi connectivity index (χ2v) is 5.37. The van der Waals surface area contributed by atoms with Crippen molar-refractivity contribution < 1.29 is 4.79 Å². The second-order valence-electron chi connectivity index (χ2n) is 5.37. The van der Waals surface area contributed by atoms with Crippen LogP contribution in [0.2, 0.25) is 0 Å². The normalized spacial score (nSPS) is 17.1. The van der Waals surface area contributed by atoms with Crippen LogP contribution in [0.25, 0.3) is 0 Å². The molecule has 1 amide bonds. The lowest BCUT2D eigenvalue weighted by Crippen LogP contribution is -2.49. The molecule has 3 heterocycles. The Morgan fingerprint density at radius 2 is 2.13 bits per heavy atom. The Hall–Kier alpha value is -1.63. The Kier molecular flexibility index (Phi) is 7.00. The van der Waals surface area contributed by atoms with E-state index in [2.05, 4.69) is 15.3 Å². The number of piperazine rings is 1. The Morgan fingerprint density at radius 3 is 2.78 bits per heavy atom. The number of rotatable bonds is 2. The highest BCUT2D eigenvalue weighted by atomic mass is 35.5. The SMILES string of the molecule is Cc1cncc(C(=O)N2CCNCC2c2nccn2C)c1.Cl.Cl. The van der Waals surface area contributed by atoms with E-state index in [4.69, 9.17) is 0 Å². The monoisotopic (exact) mass is 357 g/mol. The number of carbonyl (C=O) groups excluding carboxylic acids is 1. The highest BCUT2D eigenvalue weighted by Crippen LogP contribution is 2.22. The van der Waals surface area contributed by atoms with Crippen LogP contribution >= 0.6 is 24.8 Å². The summed E-state index contributed by atoms with van der Waals surface area (Å²) >= 11 is 0. The number of carbonyl (C=O) groups is 1. The van der Waals surface area contributed by atoms with Gasteiger partial charge in [0.1, 0.15) is 11.9 Å². The average molecular weight is 358 g/mol. The van der Waals surface area contributed by atoms with Gasteiger partial charge in [-0.25, -0.2) is 4.98 Å². The molecule has 0 aliphatic carbocycles. The summed E-state index contributed by atoms with van der Waals surface area (Å²) in [6.07, 6.45) is 7.05. The molecule has 2 aromatic rings. The van der Waals surface area contributed by atoms with Crippen molar-refractivity contribution in [3.05, 3.63) is 47.8 Å². The molecule has 0 radical (unpaired) electrons. The van der Waals surface area contributed by atoms with E-state index in [1.165, 1.54) is 0 Å². The van der Waals surface area contributed by atoms with Crippen LogP contribution in [0.15, 0.2) is 30.9 Å². The van der Waals surface area contributed by atoms with Crippen LogP contribution < -0.4 is 5.32 Å². The van der Waals surface area contributed by atoms with Gasteiger partial charge in [0, 0.05) is 51.5 Å². The predicted octanol–water partition coefficient (Wildman–Crippen LogP) is 1.75. The number of nitrogens with zero attached hydrogens (tertiary/aromatic N) is 4. The largest absolute Gasteiger partial charge is 0.336 e. The fourth-order valence-electron chi connectivity index (χ4n) is 2.71. The highest BCUT2D eigenvalue weighted by Gasteiger charge is 2.31. The molecule has 1 N–H and O–H groups in total. The van der Waals surface area contributed by atoms with E-state index < -0.39 is 0 Å². The van der Waals surface area contributed by atoms with Gasteiger partial charge in [-0.2, -0.15) is 0 Å². The third-order valence-electron chi connectivity index (χ3n) is 3.78. The van der Waals surface area contributed by atoms with Gasteiger partial charge in [-0.1, -0.05) is 0 Å². The van der Waals surface area contributed by atoms with Crippen LogP contribution in [0, 0.1) is 6.92 Å². The van der Waals surface area contributed by atoms with Crippen LogP contribution in [0.4, 0.5) is 0 Å². The molecule has 1 saturated heterocycles. The minimum Gasteiger partial charge on any atom is -0.336 e. The topological polar surface area (TPSA) is 63.1 Å². The van der Waals surface area contributed by atoms with Crippen molar-refractivity contribution >= 4 is 30.7 Å². The van der Waals surface area contributed by atoms with Gasteiger partial charge in [0.25, 0.3) is 5.91 Å². The molecular weight excluding hydrogens is 337 g/mol. The van der Waals surface area contributed by atoms with E-state index in [-0.39, 0.29) is 36.8 Å². The molecule has 3 rings (SSSR count). The van der Waals surface area contributed by atoms with E-state index in [0.29, 0.717) is 12.1 Å². The predicted molar refractivity (Wildman–Crippen MR) is 93.3 cm³/mol. The van der Waals surface area contributed by atoms with E-state index >= 15 is 0 Å². The van der Waals surface area contributed by atoms with Gasteiger partial charge in [0.05, 0.1) is 5.56 Å². The first-order valence-corrected chi connectivity index (χ1v) is 7.07. The molecule has 0 saturated carbocycles. The first kappa shape index (κ1) is 19.4. The molecule has 1 atom stereocenters. The van der Waals surface area contributed by atoms with Gasteiger partial charge < -0.3 is 14.8 Å². The first-order chi connectivity index (χ1) is 10.2. The van der Waals surface area contributed by atoms with Gasteiger partial charge in [-0.3, -0.25) is 9.78 Å². The van der Waals surface area contributed by atoms with Crippen LogP contribution in [0.3, 0.4) is 0 Å². The minimum absolute atomic E-state index is 0. The van der Waals surface area contributed by atoms with E-state index in [0.717, 1.165) is 24.5 Å². The van der Waals surface area contributed by atoms with Gasteiger partial charge in [0.15, 0.2) is 0 Å². The fourth-order valence-corrected chi connectivity index (χ4v) is 2.71. The Morgan fingerprint density at radius 1 is 1.35 bits per heavy atom. The molecule has 1 fully saturated rings. The van der Waals surface area contributed by atoms with Crippen molar-refractivity contribution in [2.75, 3.05) is 19.6 Å². The Labute approximate surface area is 148 Å². The molecule has 6 nitrogen and oxygen atoms in total. The zero-order chi connectivity index (χ0) is 14.8. The Bertz CT molecular complexity index is 661. The highest BCUT2D eigenvalue weighted by molar-refractivity contribution is 5.94. The van der Waals surface area contributed by atoms with Gasteiger partial charge in [0.2, 0.25) is 0 Å². The lowest BCUT2D eigenvalue weighted by Gasteiger charge is -2.35. The summed E-state index contributed by atoms with van der Waals surface area (Å²) in [6.45, 7) is 4.13. The lowest BCUT2D eigenvalue weighted by atomic mass is 10.1. The van der Waals surface area contributed by atoms with E-state index in [1.54, 1.807) is 18.6 Å². The molecule has 2 aromatic heterocycles. The quantitative estimate of drug-likeness (QED) is 0.889. The summed E-state index contributed by atoms with van der Waals surface area (Å²) < 4.78 is 1.96. The molecule has 0 bridgehead atoms. The molecule has 23 heavy (non-hydrogen) atoms. The third kappa shape index (κ3) is 4.02. The maximum atomic E-state index is 12.8. The number of nitrogens with one attached hydrogen (secondary N) is 1. The summed E-state index contributed by atoms with van der Waals surface area (Å²) in [5.74, 6) is 0.914. The lowest BCUT2D eigenvalue weighted by molar-refractivity contribution is 0.0620. The fraction of sp³-hybridized carbons (Fsp3) is 0.400. The summed E-state index contributed by atoms with van der Waals surface area (Å²) in [4.78, 5) is 23.2. The van der Waals surface area contributed by atoms with Crippen molar-refractivity contribution in [3.8, 4) is 0 Å². The number of aryl methyl sites for hydroxylation is 2. The van der Waals surface area contributed by atoms with E-state index in [9.17, 15) is 4.79 Å². The van der Waals surface area contributed by atoms with Crippen molar-refractivity contribution in [1.29, 1.82) is 0 Å². The molecular formula is C15H21Cl2N5O. The van der Waals surface area contributed by atoms with Crippen molar-refractivity contribution in [1.82, 2.24) is 24.8 Å². The zero-order valence-electron chi connectivity index (χ0n) is 13.1. The molecule has 1 aliphatic heterocycles. The van der Waals surface area contributed by atoms with E-state index in [1.807, 2.05) is 35.7 Å². The third-order valence-corrected chi connectivity index (χ3v) is 3.78. The minimum atomic E-state index is -0.0493. The smallest absolute Gasteiger partial charge is 0.256 e. The molecule has 1 unspecified atom stereocenters. The van der Waals surface area contributed by atoms with Crippen molar-refractivity contribution in [2.45, 2.75) is 13.0 Å². The maximum absolute atomic E-state index is 12.8. The number of amides is 1. The van der Waals surface area contributed by atoms with Crippen LogP contribution in [0.1, 0.15) is 27.8 Å². The number of pyridine rings is 1. The van der Waals surface area contributed by atoms with Crippen LogP contribution in [-0.4, -0.2) is 45.0 Å². The Balaban J connectivity index is 0.00000132. The van der Waals surface area contributed by atoms with Crippen molar-refractivity contribution in [3.63, 3.8) is 0 Å². The van der Waals surface area contributed by atoms with Gasteiger partial charge in [-0.15, -0.1) is 24.8 Å². The van der Waals surface area contributed by atoms with Crippen LogP contribution in [0.5, 0.6) is 0 Å². The maximum Gasteiger partial charge on any atom is 0.256 e. The molecule has 0 aromatic carbocycles. The summed E-state index contributed by atoms with van der Waals surface area (Å²) in [7, 11) is 1.95. The molecule has 0 spiro atoms. The summed E-state index contributed by atoms with van der Waals surface area (Å²) in [6, 6.07) is 1.83. The molecule has 1 aliphatic rings. The van der Waals surface area contributed by atoms with Gasteiger partial charge in [-0.05, 0) is 18.6 Å². The first-order valence-electron chi connectivity index (χ1n) is 7.07. The molecule has 126 valence electrons. The number of imidazole rings is 1. The zero-order valence-corrected chi connectivity index (χ0v) is 14.7. The number of hydrogen-bond donors (Lipinski definition) is 1. The number of aromatic nitrogens is 3. The summed E-state index contributed by atoms with van der Waals surface area (Å²) in [5.41, 5.74) is 1.63. The van der Waals surface area contributed by atoms with Crippen molar-refractivity contribution in [2.24, 2.45) is 7.05 Å². The van der Waals surface area contributed by atoms with Crippen LogP contribution in [-0.2, 0) is 7.05 Å². The molecule has 8 heteroatoms. The standard InChI is InChI=1S/C15H19N5O.2ClH/c1-11-7-12(9-17-8-11)15(21)20-6-3-16-10-13(20)14-18-4-5-19(14)2;;/h4-5,7-9,13,16H,3,6,10H2,1-2H3;2*1H. The number of hydrogen-bond acceptors (Lipinski definition) is 4. The average Bonchev–Trinajstić information content (AvgIpc) is 2.92.